The van der Waals surface area contributed by atoms with Crippen LogP contribution in [0.5, 0.6) is 0 Å². The molecule has 2 fully saturated rings. The maximum Gasteiger partial charge on any atom is 0.242 e. The Kier molecular flexibility index (Phi) is 4.27. The van der Waals surface area contributed by atoms with Gasteiger partial charge in [-0.05, 0) is 31.9 Å². The average molecular weight is 287 g/mol. The third-order valence-electron chi connectivity index (χ3n) is 4.75. The lowest BCUT2D eigenvalue weighted by Crippen LogP contribution is -2.57. The van der Waals surface area contributed by atoms with Crippen molar-refractivity contribution < 1.29 is 4.79 Å². The molecule has 0 aliphatic carbocycles. The minimum Gasteiger partial charge on any atom is -0.339 e. The highest BCUT2D eigenvalue weighted by Gasteiger charge is 2.39. The van der Waals surface area contributed by atoms with Crippen molar-refractivity contribution in [1.82, 2.24) is 15.1 Å². The molecule has 1 atom stereocenters. The molecule has 2 aliphatic heterocycles. The first-order valence-corrected chi connectivity index (χ1v) is 7.98. The van der Waals surface area contributed by atoms with E-state index in [4.69, 9.17) is 0 Å². The van der Waals surface area contributed by atoms with Gasteiger partial charge in [-0.1, -0.05) is 30.3 Å². The molecule has 0 saturated carbocycles. The van der Waals surface area contributed by atoms with Gasteiger partial charge in [-0.2, -0.15) is 0 Å². The average Bonchev–Trinajstić information content (AvgIpc) is 2.96. The Hall–Kier alpha value is -1.39. The van der Waals surface area contributed by atoms with Crippen LogP contribution in [0, 0.1) is 0 Å². The van der Waals surface area contributed by atoms with Crippen LogP contribution in [0.2, 0.25) is 0 Å². The summed E-state index contributed by atoms with van der Waals surface area (Å²) in [4.78, 5) is 17.1. The zero-order chi connectivity index (χ0) is 14.7. The van der Waals surface area contributed by atoms with Crippen molar-refractivity contribution in [2.24, 2.45) is 0 Å². The van der Waals surface area contributed by atoms with Gasteiger partial charge < -0.3 is 10.2 Å². The fourth-order valence-corrected chi connectivity index (χ4v) is 3.38. The van der Waals surface area contributed by atoms with Gasteiger partial charge in [-0.15, -0.1) is 0 Å². The number of piperazine rings is 1. The monoisotopic (exact) mass is 287 g/mol. The first-order valence-electron chi connectivity index (χ1n) is 7.98. The van der Waals surface area contributed by atoms with Crippen molar-refractivity contribution in [3.8, 4) is 0 Å². The molecule has 2 saturated heterocycles. The normalized spacial score (nSPS) is 27.0. The topological polar surface area (TPSA) is 35.6 Å². The van der Waals surface area contributed by atoms with Crippen molar-refractivity contribution in [2.45, 2.75) is 31.8 Å². The van der Waals surface area contributed by atoms with Gasteiger partial charge in [-0.25, -0.2) is 0 Å². The van der Waals surface area contributed by atoms with E-state index in [0.717, 1.165) is 52.1 Å². The summed E-state index contributed by atoms with van der Waals surface area (Å²) in [6.45, 7) is 7.65. The van der Waals surface area contributed by atoms with E-state index in [0.29, 0.717) is 5.91 Å². The lowest BCUT2D eigenvalue weighted by molar-refractivity contribution is -0.139. The lowest BCUT2D eigenvalue weighted by atomic mass is 9.98. The molecule has 0 radical (unpaired) electrons. The van der Waals surface area contributed by atoms with E-state index in [1.807, 2.05) is 4.90 Å². The molecule has 1 N–H and O–H groups in total. The second kappa shape index (κ2) is 6.16. The highest BCUT2D eigenvalue weighted by Crippen LogP contribution is 2.22. The standard InChI is InChI=1S/C17H25N3O/c1-17(8-5-9-18-17)16(21)20-12-10-19(11-13-20)14-15-6-3-2-4-7-15/h2-4,6-7,18H,5,8-14H2,1H3. The first kappa shape index (κ1) is 14.5. The molecule has 2 aliphatic rings. The van der Waals surface area contributed by atoms with Crippen molar-refractivity contribution in [3.05, 3.63) is 35.9 Å². The Balaban J connectivity index is 1.52. The van der Waals surface area contributed by atoms with E-state index in [2.05, 4.69) is 47.5 Å². The van der Waals surface area contributed by atoms with E-state index in [1.54, 1.807) is 0 Å². The van der Waals surface area contributed by atoms with Crippen molar-refractivity contribution in [2.75, 3.05) is 32.7 Å². The van der Waals surface area contributed by atoms with Gasteiger partial charge >= 0.3 is 0 Å². The number of hydrogen-bond donors (Lipinski definition) is 1. The molecule has 4 nitrogen and oxygen atoms in total. The molecule has 0 bridgehead atoms. The Morgan fingerprint density at radius 3 is 2.52 bits per heavy atom. The second-order valence-electron chi connectivity index (χ2n) is 6.42. The molecule has 114 valence electrons. The fraction of sp³-hybridized carbons (Fsp3) is 0.588. The molecule has 1 unspecified atom stereocenters. The summed E-state index contributed by atoms with van der Waals surface area (Å²) < 4.78 is 0. The summed E-state index contributed by atoms with van der Waals surface area (Å²) >= 11 is 0. The van der Waals surface area contributed by atoms with Crippen LogP contribution in [0.25, 0.3) is 0 Å². The van der Waals surface area contributed by atoms with Crippen LogP contribution >= 0.6 is 0 Å². The molecule has 3 rings (SSSR count). The van der Waals surface area contributed by atoms with E-state index in [1.165, 1.54) is 5.56 Å². The smallest absolute Gasteiger partial charge is 0.242 e. The largest absolute Gasteiger partial charge is 0.339 e. The van der Waals surface area contributed by atoms with Crippen molar-refractivity contribution in [3.63, 3.8) is 0 Å². The number of carbonyl (C=O) groups is 1. The highest BCUT2D eigenvalue weighted by atomic mass is 16.2. The van der Waals surface area contributed by atoms with Crippen molar-refractivity contribution in [1.29, 1.82) is 0 Å². The minimum atomic E-state index is -0.318. The molecular formula is C17H25N3O. The molecule has 2 heterocycles. The minimum absolute atomic E-state index is 0.291. The number of nitrogens with zero attached hydrogens (tertiary/aromatic N) is 2. The van der Waals surface area contributed by atoms with E-state index >= 15 is 0 Å². The van der Waals surface area contributed by atoms with Gasteiger partial charge in [0, 0.05) is 32.7 Å². The Bertz CT molecular complexity index is 474. The summed E-state index contributed by atoms with van der Waals surface area (Å²) in [5, 5.41) is 3.38. The van der Waals surface area contributed by atoms with Crippen LogP contribution in [0.15, 0.2) is 30.3 Å². The van der Waals surface area contributed by atoms with Gasteiger partial charge in [0.1, 0.15) is 0 Å². The van der Waals surface area contributed by atoms with Crippen LogP contribution in [0.3, 0.4) is 0 Å². The number of benzene rings is 1. The number of nitrogens with one attached hydrogen (secondary N) is 1. The van der Waals surface area contributed by atoms with Crippen LogP contribution in [-0.4, -0.2) is 54.0 Å². The second-order valence-corrected chi connectivity index (χ2v) is 6.42. The van der Waals surface area contributed by atoms with Crippen LogP contribution < -0.4 is 5.32 Å². The summed E-state index contributed by atoms with van der Waals surface area (Å²) in [5.41, 5.74) is 1.03. The molecule has 0 aromatic heterocycles. The highest BCUT2D eigenvalue weighted by molar-refractivity contribution is 5.86. The summed E-state index contributed by atoms with van der Waals surface area (Å²) in [5.74, 6) is 0.291. The van der Waals surface area contributed by atoms with Gasteiger partial charge in [0.15, 0.2) is 0 Å². The zero-order valence-corrected chi connectivity index (χ0v) is 12.8. The van der Waals surface area contributed by atoms with E-state index in [-0.39, 0.29) is 5.54 Å². The van der Waals surface area contributed by atoms with Gasteiger partial charge in [0.05, 0.1) is 5.54 Å². The molecule has 1 aromatic carbocycles. The van der Waals surface area contributed by atoms with Crippen LogP contribution in [-0.2, 0) is 11.3 Å². The Labute approximate surface area is 127 Å². The number of rotatable bonds is 3. The maximum absolute atomic E-state index is 12.6. The number of amides is 1. The van der Waals surface area contributed by atoms with Gasteiger partial charge in [0.2, 0.25) is 5.91 Å². The maximum atomic E-state index is 12.6. The van der Waals surface area contributed by atoms with Gasteiger partial charge in [-0.3, -0.25) is 9.69 Å². The van der Waals surface area contributed by atoms with Crippen LogP contribution in [0.1, 0.15) is 25.3 Å². The fourth-order valence-electron chi connectivity index (χ4n) is 3.38. The Morgan fingerprint density at radius 1 is 1.19 bits per heavy atom. The quantitative estimate of drug-likeness (QED) is 0.914. The predicted molar refractivity (Wildman–Crippen MR) is 83.9 cm³/mol. The van der Waals surface area contributed by atoms with E-state index in [9.17, 15) is 4.79 Å². The molecule has 4 heteroatoms. The third kappa shape index (κ3) is 3.27. The summed E-state index contributed by atoms with van der Waals surface area (Å²) in [6, 6.07) is 10.6. The first-order chi connectivity index (χ1) is 10.2. The number of hydrogen-bond acceptors (Lipinski definition) is 3. The van der Waals surface area contributed by atoms with Crippen LogP contribution in [0.4, 0.5) is 0 Å². The SMILES string of the molecule is CC1(C(=O)N2CCN(Cc3ccccc3)CC2)CCCN1. The summed E-state index contributed by atoms with van der Waals surface area (Å²) in [6.07, 6.45) is 2.08. The zero-order valence-electron chi connectivity index (χ0n) is 12.8. The molecule has 1 amide bonds. The van der Waals surface area contributed by atoms with Crippen molar-refractivity contribution >= 4 is 5.91 Å². The van der Waals surface area contributed by atoms with Gasteiger partial charge in [0.25, 0.3) is 0 Å². The Morgan fingerprint density at radius 2 is 1.90 bits per heavy atom. The third-order valence-corrected chi connectivity index (χ3v) is 4.75. The number of carbonyl (C=O) groups excluding carboxylic acids is 1. The lowest BCUT2D eigenvalue weighted by Gasteiger charge is -2.38. The molecular weight excluding hydrogens is 262 g/mol. The predicted octanol–water partition coefficient (Wildman–Crippen LogP) is 1.47. The molecule has 0 spiro atoms. The molecule has 21 heavy (non-hydrogen) atoms. The molecule has 1 aromatic rings. The van der Waals surface area contributed by atoms with E-state index < -0.39 is 0 Å². The summed E-state index contributed by atoms with van der Waals surface area (Å²) in [7, 11) is 0.